The Morgan fingerprint density at radius 1 is 1.05 bits per heavy atom. The molecule has 3 heterocycles. The molecule has 2 aliphatic heterocycles. The molecule has 2 aromatic rings. The Labute approximate surface area is 126 Å². The molecule has 110 valence electrons. The molecule has 1 spiro atoms. The maximum atomic E-state index is 12.3. The fourth-order valence-electron chi connectivity index (χ4n) is 4.29. The van der Waals surface area contributed by atoms with Crippen molar-refractivity contribution in [3.63, 3.8) is 0 Å². The molecule has 0 radical (unpaired) electrons. The number of H-pyrrole nitrogens is 1. The Kier molecular flexibility index (Phi) is 2.08. The normalized spacial score (nSPS) is 22.0. The molecule has 1 aromatic carbocycles. The first-order valence-corrected chi connectivity index (χ1v) is 7.69. The molecule has 5 nitrogen and oxygen atoms in total. The molecule has 0 bridgehead atoms. The second-order valence-electron chi connectivity index (χ2n) is 6.38. The first-order chi connectivity index (χ1) is 10.7. The largest absolute Gasteiger partial charge is 0.370 e. The molecule has 22 heavy (non-hydrogen) atoms. The second kappa shape index (κ2) is 3.80. The van der Waals surface area contributed by atoms with Crippen LogP contribution in [0.1, 0.15) is 36.8 Å². The van der Waals surface area contributed by atoms with Gasteiger partial charge in [-0.25, -0.2) is 0 Å². The maximum absolute atomic E-state index is 12.3. The molecule has 3 aliphatic rings. The Morgan fingerprint density at radius 3 is 2.68 bits per heavy atom. The van der Waals surface area contributed by atoms with Crippen LogP contribution in [0, 0.1) is 0 Å². The van der Waals surface area contributed by atoms with Crippen LogP contribution in [0.25, 0.3) is 16.5 Å². The van der Waals surface area contributed by atoms with Gasteiger partial charge >= 0.3 is 0 Å². The summed E-state index contributed by atoms with van der Waals surface area (Å²) in [5.41, 5.74) is 3.72. The zero-order valence-electron chi connectivity index (χ0n) is 12.0. The van der Waals surface area contributed by atoms with Gasteiger partial charge < -0.3 is 10.3 Å². The van der Waals surface area contributed by atoms with E-state index in [1.165, 1.54) is 5.56 Å². The predicted octanol–water partition coefficient (Wildman–Crippen LogP) is 1.91. The van der Waals surface area contributed by atoms with Crippen molar-refractivity contribution in [3.8, 4) is 0 Å². The number of benzene rings is 1. The van der Waals surface area contributed by atoms with Crippen molar-refractivity contribution < 1.29 is 9.59 Å². The molecule has 0 unspecified atom stereocenters. The lowest BCUT2D eigenvalue weighted by Gasteiger charge is -2.32. The van der Waals surface area contributed by atoms with Crippen molar-refractivity contribution in [3.05, 3.63) is 41.2 Å². The quantitative estimate of drug-likeness (QED) is 0.650. The average Bonchev–Trinajstić information content (AvgIpc) is 3.17. The lowest BCUT2D eigenvalue weighted by atomic mass is 9.85. The van der Waals surface area contributed by atoms with Gasteiger partial charge in [0, 0.05) is 22.7 Å². The minimum Gasteiger partial charge on any atom is -0.370 e. The van der Waals surface area contributed by atoms with Crippen LogP contribution in [0.4, 0.5) is 0 Å². The van der Waals surface area contributed by atoms with Crippen molar-refractivity contribution in [2.45, 2.75) is 31.2 Å². The summed E-state index contributed by atoms with van der Waals surface area (Å²) in [6.45, 7) is 0. The SMILES string of the molecule is O=C1NC(=O)C2=C1NC1(CCCC1)c1cccc3[nH]cc2c13. The van der Waals surface area contributed by atoms with Crippen LogP contribution in [0.5, 0.6) is 0 Å². The Bertz CT molecular complexity index is 884. The van der Waals surface area contributed by atoms with Crippen molar-refractivity contribution in [1.82, 2.24) is 15.6 Å². The average molecular weight is 293 g/mol. The molecule has 5 rings (SSSR count). The number of carbonyl (C=O) groups is 2. The molecule has 3 N–H and O–H groups in total. The van der Waals surface area contributed by atoms with Gasteiger partial charge in [0.1, 0.15) is 5.70 Å². The van der Waals surface area contributed by atoms with E-state index in [1.54, 1.807) is 0 Å². The summed E-state index contributed by atoms with van der Waals surface area (Å²) in [5.74, 6) is -0.619. The molecule has 0 saturated heterocycles. The number of nitrogens with one attached hydrogen (secondary N) is 3. The van der Waals surface area contributed by atoms with Gasteiger partial charge in [-0.3, -0.25) is 14.9 Å². The van der Waals surface area contributed by atoms with E-state index in [9.17, 15) is 9.59 Å². The Hall–Kier alpha value is -2.56. The molecule has 1 fully saturated rings. The minimum atomic E-state index is -0.312. The van der Waals surface area contributed by atoms with Crippen LogP contribution in [-0.4, -0.2) is 16.8 Å². The van der Waals surface area contributed by atoms with E-state index in [4.69, 9.17) is 0 Å². The summed E-state index contributed by atoms with van der Waals surface area (Å²) < 4.78 is 0. The Morgan fingerprint density at radius 2 is 1.86 bits per heavy atom. The van der Waals surface area contributed by atoms with Gasteiger partial charge in [0.05, 0.1) is 11.1 Å². The summed E-state index contributed by atoms with van der Waals surface area (Å²) in [5, 5.41) is 6.96. The smallest absolute Gasteiger partial charge is 0.275 e. The van der Waals surface area contributed by atoms with Gasteiger partial charge in [0.15, 0.2) is 0 Å². The first-order valence-electron chi connectivity index (χ1n) is 7.69. The van der Waals surface area contributed by atoms with Crippen molar-refractivity contribution in [2.24, 2.45) is 0 Å². The van der Waals surface area contributed by atoms with E-state index in [0.717, 1.165) is 42.1 Å². The van der Waals surface area contributed by atoms with Crippen LogP contribution in [0.2, 0.25) is 0 Å². The third-order valence-electron chi connectivity index (χ3n) is 5.24. The topological polar surface area (TPSA) is 74.0 Å². The van der Waals surface area contributed by atoms with Crippen LogP contribution in [0.15, 0.2) is 30.1 Å². The van der Waals surface area contributed by atoms with E-state index < -0.39 is 0 Å². The predicted molar refractivity (Wildman–Crippen MR) is 81.7 cm³/mol. The summed E-state index contributed by atoms with van der Waals surface area (Å²) in [6.07, 6.45) is 6.06. The summed E-state index contributed by atoms with van der Waals surface area (Å²) in [4.78, 5) is 27.8. The summed E-state index contributed by atoms with van der Waals surface area (Å²) in [7, 11) is 0. The number of aromatic nitrogens is 1. The Balaban J connectivity index is 1.93. The van der Waals surface area contributed by atoms with Gasteiger partial charge in [0.25, 0.3) is 11.8 Å². The molecule has 1 saturated carbocycles. The number of carbonyl (C=O) groups excluding carboxylic acids is 2. The lowest BCUT2D eigenvalue weighted by molar-refractivity contribution is -0.123. The number of rotatable bonds is 0. The van der Waals surface area contributed by atoms with E-state index in [-0.39, 0.29) is 17.4 Å². The number of amides is 2. The van der Waals surface area contributed by atoms with E-state index in [0.29, 0.717) is 11.3 Å². The first kappa shape index (κ1) is 12.0. The molecule has 1 aliphatic carbocycles. The van der Waals surface area contributed by atoms with E-state index in [2.05, 4.69) is 21.7 Å². The molecular weight excluding hydrogens is 278 g/mol. The minimum absolute atomic E-state index is 0.241. The molecule has 0 atom stereocenters. The van der Waals surface area contributed by atoms with E-state index in [1.807, 2.05) is 18.3 Å². The van der Waals surface area contributed by atoms with Crippen LogP contribution < -0.4 is 10.6 Å². The van der Waals surface area contributed by atoms with Gasteiger partial charge in [-0.15, -0.1) is 0 Å². The zero-order chi connectivity index (χ0) is 14.9. The van der Waals surface area contributed by atoms with Crippen molar-refractivity contribution in [2.75, 3.05) is 0 Å². The third-order valence-corrected chi connectivity index (χ3v) is 5.24. The summed E-state index contributed by atoms with van der Waals surface area (Å²) >= 11 is 0. The lowest BCUT2D eigenvalue weighted by Crippen LogP contribution is -2.41. The molecule has 2 amide bonds. The number of hydrogen-bond donors (Lipinski definition) is 3. The fourth-order valence-corrected chi connectivity index (χ4v) is 4.29. The van der Waals surface area contributed by atoms with Gasteiger partial charge in [-0.2, -0.15) is 0 Å². The molecule has 1 aromatic heterocycles. The standard InChI is InChI=1S/C17H15N3O2/c21-15-13-9-8-18-11-5-3-4-10(12(9)11)17(6-1-2-7-17)20-14(13)16(22)19-15/h3-5,8,18,20H,1-2,6-7H2,(H,19,21,22). The van der Waals surface area contributed by atoms with Crippen LogP contribution in [-0.2, 0) is 15.1 Å². The highest BCUT2D eigenvalue weighted by Crippen LogP contribution is 2.47. The van der Waals surface area contributed by atoms with E-state index >= 15 is 0 Å². The third kappa shape index (κ3) is 1.29. The van der Waals surface area contributed by atoms with Crippen molar-refractivity contribution >= 4 is 28.3 Å². The van der Waals surface area contributed by atoms with Crippen molar-refractivity contribution in [1.29, 1.82) is 0 Å². The second-order valence-corrected chi connectivity index (χ2v) is 6.38. The van der Waals surface area contributed by atoms with Gasteiger partial charge in [0.2, 0.25) is 0 Å². The summed E-state index contributed by atoms with van der Waals surface area (Å²) in [6, 6.07) is 6.19. The molecule has 5 heteroatoms. The monoisotopic (exact) mass is 293 g/mol. The zero-order valence-corrected chi connectivity index (χ0v) is 12.0. The highest BCUT2D eigenvalue weighted by molar-refractivity contribution is 6.37. The molecular formula is C17H15N3O2. The number of hydrogen-bond acceptors (Lipinski definition) is 3. The number of aromatic amines is 1. The van der Waals surface area contributed by atoms with Crippen LogP contribution in [0.3, 0.4) is 0 Å². The van der Waals surface area contributed by atoms with Crippen LogP contribution >= 0.6 is 0 Å². The number of imide groups is 1. The van der Waals surface area contributed by atoms with Gasteiger partial charge in [-0.05, 0) is 24.5 Å². The highest BCUT2D eigenvalue weighted by atomic mass is 16.2. The maximum Gasteiger partial charge on any atom is 0.275 e. The van der Waals surface area contributed by atoms with Gasteiger partial charge in [-0.1, -0.05) is 25.0 Å². The fraction of sp³-hybridized carbons (Fsp3) is 0.294. The number of fused-ring (bicyclic) bond motifs is 2. The highest BCUT2D eigenvalue weighted by Gasteiger charge is 2.45.